The number of fused-ring (bicyclic) bond motifs is 3. The van der Waals surface area contributed by atoms with E-state index in [2.05, 4.69) is 247 Å². The standard InChI is InChI=1S/C64H48N4O2/c1-64(2,3)57-39-62-65-40-56(57)45-26-31-49(32-27-45)69-48-29-24-44(25-30-48)53-21-13-20-52(43-16-8-5-9-17-43)63(53)67-41-66(59-22-10-11-23-60(59)67)47-18-12-19-50(37-47)70-51-33-34-54-55-36-46(42-14-6-4-7-15-42)28-35-58(55)68(62)61(54)38-51/h4-40H,41H2,1-3H3. The largest absolute Gasteiger partial charge is 0.457 e. The molecule has 6 heteroatoms. The lowest BCUT2D eigenvalue weighted by molar-refractivity contribution is 0.482. The van der Waals surface area contributed by atoms with E-state index in [0.717, 1.165) is 112 Å². The number of benzene rings is 9. The first-order chi connectivity index (χ1) is 34.3. The second kappa shape index (κ2) is 16.4. The van der Waals surface area contributed by atoms with Crippen molar-refractivity contribution < 1.29 is 9.47 Å². The SMILES string of the molecule is CC(C)(C)c1cc2ncc1-c1ccc(cc1)Oc1ccc(cc1)-c1cccc(-c3ccccc3)c1N1CN(c3cccc(c3)Oc3ccc4c5cc(-c6ccccc6)ccc5n-2c4c3)c2ccccc21. The lowest BCUT2D eigenvalue weighted by Gasteiger charge is -2.27. The lowest BCUT2D eigenvalue weighted by Crippen LogP contribution is -2.24. The van der Waals surface area contributed by atoms with Crippen molar-refractivity contribution in [2.24, 2.45) is 0 Å². The number of para-hydroxylation sites is 3. The molecule has 70 heavy (non-hydrogen) atoms. The van der Waals surface area contributed by atoms with Crippen LogP contribution in [0.25, 0.3) is 72.1 Å². The topological polar surface area (TPSA) is 42.8 Å². The summed E-state index contributed by atoms with van der Waals surface area (Å²) in [5.41, 5.74) is 16.5. The minimum atomic E-state index is -0.196. The Morgan fingerprint density at radius 2 is 0.986 bits per heavy atom. The van der Waals surface area contributed by atoms with E-state index in [-0.39, 0.29) is 5.41 Å². The molecule has 0 atom stereocenters. The highest BCUT2D eigenvalue weighted by molar-refractivity contribution is 6.11. The molecule has 0 radical (unpaired) electrons. The maximum Gasteiger partial charge on any atom is 0.137 e. The van der Waals surface area contributed by atoms with Gasteiger partial charge in [0.05, 0.1) is 28.1 Å². The Labute approximate surface area is 407 Å². The molecule has 7 aliphatic rings. The van der Waals surface area contributed by atoms with E-state index in [1.165, 1.54) is 11.1 Å². The minimum absolute atomic E-state index is 0.196. The van der Waals surface area contributed by atoms with Gasteiger partial charge in [-0.1, -0.05) is 148 Å². The third kappa shape index (κ3) is 7.15. The molecular formula is C64H48N4O2. The summed E-state index contributed by atoms with van der Waals surface area (Å²) in [7, 11) is 0. The fourth-order valence-electron chi connectivity index (χ4n) is 10.5. The number of hydrogen-bond donors (Lipinski definition) is 0. The van der Waals surface area contributed by atoms with Crippen LogP contribution in [-0.2, 0) is 5.41 Å². The number of anilines is 4. The Hall–Kier alpha value is -8.87. The molecule has 0 saturated heterocycles. The predicted molar refractivity (Wildman–Crippen MR) is 288 cm³/mol. The van der Waals surface area contributed by atoms with Crippen molar-refractivity contribution >= 4 is 44.6 Å². The molecule has 0 saturated carbocycles. The zero-order valence-corrected chi connectivity index (χ0v) is 39.2. The highest BCUT2D eigenvalue weighted by Crippen LogP contribution is 2.51. The van der Waals surface area contributed by atoms with Crippen LogP contribution in [0.15, 0.2) is 225 Å². The van der Waals surface area contributed by atoms with E-state index in [1.807, 2.05) is 12.3 Å². The quantitative estimate of drug-likeness (QED) is 0.173. The van der Waals surface area contributed by atoms with Crippen LogP contribution in [0.5, 0.6) is 23.0 Å². The van der Waals surface area contributed by atoms with Gasteiger partial charge in [0.25, 0.3) is 0 Å². The van der Waals surface area contributed by atoms with Gasteiger partial charge in [-0.25, -0.2) is 4.98 Å². The molecule has 9 aromatic carbocycles. The maximum atomic E-state index is 6.90. The number of hydrogen-bond acceptors (Lipinski definition) is 5. The van der Waals surface area contributed by atoms with Crippen molar-refractivity contribution in [2.75, 3.05) is 16.5 Å². The van der Waals surface area contributed by atoms with E-state index in [4.69, 9.17) is 14.5 Å². The number of ether oxygens (including phenoxy) is 2. The van der Waals surface area contributed by atoms with Crippen LogP contribution in [0.1, 0.15) is 26.3 Å². The van der Waals surface area contributed by atoms with Gasteiger partial charge in [-0.05, 0) is 118 Å². The summed E-state index contributed by atoms with van der Waals surface area (Å²) in [6.07, 6.45) is 2.04. The fraction of sp³-hybridized carbons (Fsp3) is 0.0781. The van der Waals surface area contributed by atoms with E-state index in [9.17, 15) is 0 Å². The molecular weight excluding hydrogens is 857 g/mol. The summed E-state index contributed by atoms with van der Waals surface area (Å²) < 4.78 is 15.7. The van der Waals surface area contributed by atoms with Gasteiger partial charge in [0, 0.05) is 51.5 Å². The molecule has 0 N–H and O–H groups in total. The van der Waals surface area contributed by atoms with Crippen LogP contribution in [0.4, 0.5) is 22.7 Å². The molecule has 2 aromatic heterocycles. The minimum Gasteiger partial charge on any atom is -0.457 e. The van der Waals surface area contributed by atoms with Crippen molar-refractivity contribution in [3.05, 3.63) is 230 Å². The van der Waals surface area contributed by atoms with Gasteiger partial charge < -0.3 is 19.3 Å². The second-order valence-electron chi connectivity index (χ2n) is 19.3. The molecule has 6 nitrogen and oxygen atoms in total. The number of nitrogens with zero attached hydrogens (tertiary/aromatic N) is 4. The second-order valence-corrected chi connectivity index (χ2v) is 19.3. The highest BCUT2D eigenvalue weighted by Gasteiger charge is 2.32. The number of aromatic nitrogens is 2. The van der Waals surface area contributed by atoms with Gasteiger partial charge in [0.1, 0.15) is 35.5 Å². The van der Waals surface area contributed by atoms with Crippen molar-refractivity contribution in [3.8, 4) is 73.3 Å². The normalized spacial score (nSPS) is 12.9. The van der Waals surface area contributed by atoms with Crippen molar-refractivity contribution in [2.45, 2.75) is 26.2 Å². The highest BCUT2D eigenvalue weighted by atomic mass is 16.5. The van der Waals surface area contributed by atoms with E-state index < -0.39 is 0 Å². The average molecular weight is 905 g/mol. The summed E-state index contributed by atoms with van der Waals surface area (Å²) >= 11 is 0. The first kappa shape index (κ1) is 41.3. The maximum absolute atomic E-state index is 6.90. The Morgan fingerprint density at radius 1 is 0.414 bits per heavy atom. The van der Waals surface area contributed by atoms with Crippen LogP contribution in [0.3, 0.4) is 0 Å². The van der Waals surface area contributed by atoms with Gasteiger partial charge in [0.2, 0.25) is 0 Å². The third-order valence-electron chi connectivity index (χ3n) is 13.8. The smallest absolute Gasteiger partial charge is 0.137 e. The van der Waals surface area contributed by atoms with Crippen LogP contribution >= 0.6 is 0 Å². The van der Waals surface area contributed by atoms with Crippen LogP contribution < -0.4 is 19.3 Å². The zero-order chi connectivity index (χ0) is 46.9. The summed E-state index contributed by atoms with van der Waals surface area (Å²) in [5, 5.41) is 2.27. The van der Waals surface area contributed by atoms with Gasteiger partial charge in [-0.2, -0.15) is 0 Å². The molecule has 11 aromatic rings. The Morgan fingerprint density at radius 3 is 1.69 bits per heavy atom. The molecule has 0 unspecified atom stereocenters. The fourth-order valence-corrected chi connectivity index (χ4v) is 10.5. The molecule has 0 amide bonds. The summed E-state index contributed by atoms with van der Waals surface area (Å²) in [4.78, 5) is 10.1. The summed E-state index contributed by atoms with van der Waals surface area (Å²) in [6.45, 7) is 7.41. The molecule has 18 rings (SSSR count). The third-order valence-corrected chi connectivity index (χ3v) is 13.8. The van der Waals surface area contributed by atoms with Crippen molar-refractivity contribution in [1.82, 2.24) is 9.55 Å². The molecule has 7 aliphatic heterocycles. The molecule has 336 valence electrons. The summed E-state index contributed by atoms with van der Waals surface area (Å²) in [5.74, 6) is 3.87. The Kier molecular flexibility index (Phi) is 9.70. The lowest BCUT2D eigenvalue weighted by atomic mass is 9.82. The first-order valence-corrected chi connectivity index (χ1v) is 23.9. The van der Waals surface area contributed by atoms with Crippen LogP contribution in [-0.4, -0.2) is 16.2 Å². The molecule has 12 bridgehead atoms. The Bertz CT molecular complexity index is 3780. The first-order valence-electron chi connectivity index (χ1n) is 23.9. The summed E-state index contributed by atoms with van der Waals surface area (Å²) in [6, 6.07) is 77.4. The molecule has 9 heterocycles. The van der Waals surface area contributed by atoms with Gasteiger partial charge >= 0.3 is 0 Å². The van der Waals surface area contributed by atoms with E-state index in [1.54, 1.807) is 0 Å². The number of rotatable bonds is 2. The van der Waals surface area contributed by atoms with Crippen molar-refractivity contribution in [3.63, 3.8) is 0 Å². The molecule has 0 aliphatic carbocycles. The van der Waals surface area contributed by atoms with Crippen molar-refractivity contribution in [1.29, 1.82) is 0 Å². The Balaban J connectivity index is 1.01. The van der Waals surface area contributed by atoms with Gasteiger partial charge in [0.15, 0.2) is 0 Å². The predicted octanol–water partition coefficient (Wildman–Crippen LogP) is 17.3. The average Bonchev–Trinajstić information content (AvgIpc) is 3.94. The van der Waals surface area contributed by atoms with E-state index in [0.29, 0.717) is 6.67 Å². The molecule has 0 spiro atoms. The van der Waals surface area contributed by atoms with Crippen LogP contribution in [0, 0.1) is 0 Å². The van der Waals surface area contributed by atoms with Gasteiger partial charge in [-0.3, -0.25) is 4.57 Å². The monoisotopic (exact) mass is 904 g/mol. The van der Waals surface area contributed by atoms with E-state index >= 15 is 0 Å². The van der Waals surface area contributed by atoms with Crippen LogP contribution in [0.2, 0.25) is 0 Å². The number of pyridine rings is 1. The van der Waals surface area contributed by atoms with Gasteiger partial charge in [-0.15, -0.1) is 0 Å². The zero-order valence-electron chi connectivity index (χ0n) is 39.2. The molecule has 0 fully saturated rings.